The molecule has 0 radical (unpaired) electrons. The number of fused-ring (bicyclic) bond motifs is 1. The SMILES string of the molecule is Cc1ccc2c(N)c(C(=O)Nc3ccc(C)nc3)sc2c1. The molecular weight excluding hydrogens is 282 g/mol. The lowest BCUT2D eigenvalue weighted by Crippen LogP contribution is -2.12. The number of aryl methyl sites for hydroxylation is 2. The van der Waals surface area contributed by atoms with Gasteiger partial charge in [0, 0.05) is 15.8 Å². The molecule has 2 aromatic heterocycles. The van der Waals surface area contributed by atoms with E-state index >= 15 is 0 Å². The van der Waals surface area contributed by atoms with Gasteiger partial charge in [0.15, 0.2) is 0 Å². The number of thiophene rings is 1. The molecule has 0 aliphatic heterocycles. The third-order valence-electron chi connectivity index (χ3n) is 3.26. The Balaban J connectivity index is 1.94. The molecule has 21 heavy (non-hydrogen) atoms. The standard InChI is InChI=1S/C16H15N3OS/c1-9-3-6-12-13(7-9)21-15(14(12)17)16(20)19-11-5-4-10(2)18-8-11/h3-8H,17H2,1-2H3,(H,19,20). The third kappa shape index (κ3) is 2.60. The predicted molar refractivity (Wildman–Crippen MR) is 87.9 cm³/mol. The minimum atomic E-state index is -0.197. The molecule has 1 aromatic carbocycles. The van der Waals surface area contributed by atoms with Crippen molar-refractivity contribution in [2.45, 2.75) is 13.8 Å². The lowest BCUT2D eigenvalue weighted by atomic mass is 10.1. The zero-order chi connectivity index (χ0) is 15.0. The van der Waals surface area contributed by atoms with Gasteiger partial charge in [0.05, 0.1) is 17.6 Å². The first-order valence-corrected chi connectivity index (χ1v) is 7.39. The summed E-state index contributed by atoms with van der Waals surface area (Å²) in [7, 11) is 0. The summed E-state index contributed by atoms with van der Waals surface area (Å²) in [5.74, 6) is -0.197. The Morgan fingerprint density at radius 1 is 1.24 bits per heavy atom. The molecule has 3 aromatic rings. The first-order valence-electron chi connectivity index (χ1n) is 6.57. The van der Waals surface area contributed by atoms with Gasteiger partial charge in [0.2, 0.25) is 0 Å². The fraction of sp³-hybridized carbons (Fsp3) is 0.125. The van der Waals surface area contributed by atoms with Crippen molar-refractivity contribution < 1.29 is 4.79 Å². The lowest BCUT2D eigenvalue weighted by molar-refractivity contribution is 0.103. The van der Waals surface area contributed by atoms with E-state index in [4.69, 9.17) is 5.73 Å². The Morgan fingerprint density at radius 3 is 2.76 bits per heavy atom. The fourth-order valence-corrected chi connectivity index (χ4v) is 3.24. The monoisotopic (exact) mass is 297 g/mol. The van der Waals surface area contributed by atoms with E-state index in [1.165, 1.54) is 11.3 Å². The van der Waals surface area contributed by atoms with E-state index in [1.807, 2.05) is 44.2 Å². The molecular formula is C16H15N3OS. The van der Waals surface area contributed by atoms with Crippen LogP contribution in [0.5, 0.6) is 0 Å². The van der Waals surface area contributed by atoms with Crippen molar-refractivity contribution in [3.63, 3.8) is 0 Å². The number of nitrogens with zero attached hydrogens (tertiary/aromatic N) is 1. The number of nitrogens with two attached hydrogens (primary N) is 1. The number of nitrogen functional groups attached to an aromatic ring is 1. The number of hydrogen-bond acceptors (Lipinski definition) is 4. The second-order valence-electron chi connectivity index (χ2n) is 4.99. The van der Waals surface area contributed by atoms with Crippen molar-refractivity contribution >= 4 is 38.7 Å². The number of amides is 1. The number of carbonyl (C=O) groups is 1. The van der Waals surface area contributed by atoms with E-state index in [2.05, 4.69) is 10.3 Å². The molecule has 2 heterocycles. The highest BCUT2D eigenvalue weighted by atomic mass is 32.1. The average Bonchev–Trinajstić information content (AvgIpc) is 2.78. The smallest absolute Gasteiger partial charge is 0.267 e. The zero-order valence-corrected chi connectivity index (χ0v) is 12.6. The molecule has 0 spiro atoms. The Bertz CT molecular complexity index is 821. The van der Waals surface area contributed by atoms with Crippen LogP contribution in [0.2, 0.25) is 0 Å². The van der Waals surface area contributed by atoms with Crippen LogP contribution in [0.1, 0.15) is 20.9 Å². The maximum absolute atomic E-state index is 12.4. The highest BCUT2D eigenvalue weighted by Gasteiger charge is 2.16. The number of rotatable bonds is 2. The second kappa shape index (κ2) is 5.18. The van der Waals surface area contributed by atoms with Gasteiger partial charge in [-0.15, -0.1) is 11.3 Å². The Morgan fingerprint density at radius 2 is 2.05 bits per heavy atom. The van der Waals surface area contributed by atoms with Gasteiger partial charge >= 0.3 is 0 Å². The van der Waals surface area contributed by atoms with E-state index in [9.17, 15) is 4.79 Å². The minimum Gasteiger partial charge on any atom is -0.397 e. The molecule has 0 fully saturated rings. The summed E-state index contributed by atoms with van der Waals surface area (Å²) in [5.41, 5.74) is 9.36. The fourth-order valence-electron chi connectivity index (χ4n) is 2.12. The summed E-state index contributed by atoms with van der Waals surface area (Å²) < 4.78 is 1.03. The van der Waals surface area contributed by atoms with E-state index < -0.39 is 0 Å². The third-order valence-corrected chi connectivity index (χ3v) is 4.43. The van der Waals surface area contributed by atoms with E-state index in [0.29, 0.717) is 16.3 Å². The quantitative estimate of drug-likeness (QED) is 0.757. The molecule has 3 N–H and O–H groups in total. The van der Waals surface area contributed by atoms with Crippen molar-refractivity contribution in [3.05, 3.63) is 52.7 Å². The number of aromatic nitrogens is 1. The highest BCUT2D eigenvalue weighted by molar-refractivity contribution is 7.21. The topological polar surface area (TPSA) is 68.0 Å². The van der Waals surface area contributed by atoms with Gasteiger partial charge in [0.25, 0.3) is 5.91 Å². The number of pyridine rings is 1. The number of anilines is 2. The largest absolute Gasteiger partial charge is 0.397 e. The van der Waals surface area contributed by atoms with Gasteiger partial charge in [-0.3, -0.25) is 9.78 Å². The first kappa shape index (κ1) is 13.6. The molecule has 0 bridgehead atoms. The number of carbonyl (C=O) groups excluding carboxylic acids is 1. The maximum Gasteiger partial charge on any atom is 0.267 e. The number of nitrogens with one attached hydrogen (secondary N) is 1. The Hall–Kier alpha value is -2.40. The van der Waals surface area contributed by atoms with Gasteiger partial charge in [-0.1, -0.05) is 12.1 Å². The normalized spacial score (nSPS) is 10.8. The number of hydrogen-bond donors (Lipinski definition) is 2. The highest BCUT2D eigenvalue weighted by Crippen LogP contribution is 2.34. The zero-order valence-electron chi connectivity index (χ0n) is 11.8. The van der Waals surface area contributed by atoms with Crippen molar-refractivity contribution in [1.82, 2.24) is 4.98 Å². The molecule has 5 heteroatoms. The molecule has 4 nitrogen and oxygen atoms in total. The van der Waals surface area contributed by atoms with Crippen molar-refractivity contribution in [2.75, 3.05) is 11.1 Å². The van der Waals surface area contributed by atoms with E-state index in [0.717, 1.165) is 21.3 Å². The van der Waals surface area contributed by atoms with Crippen LogP contribution in [0.4, 0.5) is 11.4 Å². The van der Waals surface area contributed by atoms with Crippen LogP contribution in [-0.4, -0.2) is 10.9 Å². The van der Waals surface area contributed by atoms with Gasteiger partial charge in [-0.2, -0.15) is 0 Å². The molecule has 1 amide bonds. The second-order valence-corrected chi connectivity index (χ2v) is 6.04. The van der Waals surface area contributed by atoms with Crippen LogP contribution in [0.25, 0.3) is 10.1 Å². The van der Waals surface area contributed by atoms with Gasteiger partial charge in [0.1, 0.15) is 4.88 Å². The minimum absolute atomic E-state index is 0.197. The number of benzene rings is 1. The molecule has 0 aliphatic carbocycles. The molecule has 3 rings (SSSR count). The van der Waals surface area contributed by atoms with Gasteiger partial charge in [-0.05, 0) is 37.6 Å². The van der Waals surface area contributed by atoms with Crippen LogP contribution in [0.15, 0.2) is 36.5 Å². The van der Waals surface area contributed by atoms with Crippen LogP contribution in [0, 0.1) is 13.8 Å². The molecule has 0 saturated carbocycles. The molecule has 106 valence electrons. The van der Waals surface area contributed by atoms with Gasteiger partial charge < -0.3 is 11.1 Å². The van der Waals surface area contributed by atoms with Gasteiger partial charge in [-0.25, -0.2) is 0 Å². The molecule has 0 saturated heterocycles. The predicted octanol–water partition coefficient (Wildman–Crippen LogP) is 3.75. The van der Waals surface area contributed by atoms with Crippen molar-refractivity contribution in [1.29, 1.82) is 0 Å². The van der Waals surface area contributed by atoms with Crippen LogP contribution in [0.3, 0.4) is 0 Å². The maximum atomic E-state index is 12.4. The van der Waals surface area contributed by atoms with E-state index in [1.54, 1.807) is 6.20 Å². The van der Waals surface area contributed by atoms with E-state index in [-0.39, 0.29) is 5.91 Å². The molecule has 0 unspecified atom stereocenters. The van der Waals surface area contributed by atoms with Crippen molar-refractivity contribution in [2.24, 2.45) is 0 Å². The average molecular weight is 297 g/mol. The Kier molecular flexibility index (Phi) is 3.35. The molecule has 0 atom stereocenters. The summed E-state index contributed by atoms with van der Waals surface area (Å²) >= 11 is 1.41. The summed E-state index contributed by atoms with van der Waals surface area (Å²) in [6, 6.07) is 9.68. The molecule has 0 aliphatic rings. The summed E-state index contributed by atoms with van der Waals surface area (Å²) in [4.78, 5) is 17.1. The van der Waals surface area contributed by atoms with Crippen LogP contribution in [-0.2, 0) is 0 Å². The van der Waals surface area contributed by atoms with Crippen molar-refractivity contribution in [3.8, 4) is 0 Å². The first-order chi connectivity index (χ1) is 10.0. The Labute approximate surface area is 126 Å². The summed E-state index contributed by atoms with van der Waals surface area (Å²) in [5, 5.41) is 3.76. The van der Waals surface area contributed by atoms with Crippen LogP contribution >= 0.6 is 11.3 Å². The van der Waals surface area contributed by atoms with Crippen LogP contribution < -0.4 is 11.1 Å². The summed E-state index contributed by atoms with van der Waals surface area (Å²) in [6.07, 6.45) is 1.64. The summed E-state index contributed by atoms with van der Waals surface area (Å²) in [6.45, 7) is 3.92. The lowest BCUT2D eigenvalue weighted by Gasteiger charge is -2.04.